The molecule has 5 nitrogen and oxygen atoms in total. The van der Waals surface area contributed by atoms with Crippen LogP contribution in [-0.2, 0) is 16.3 Å². The van der Waals surface area contributed by atoms with E-state index >= 15 is 0 Å². The number of aromatic nitrogens is 2. The van der Waals surface area contributed by atoms with Gasteiger partial charge in [0, 0.05) is 18.2 Å². The molecule has 1 aliphatic carbocycles. The first-order chi connectivity index (χ1) is 10.3. The third-order valence-electron chi connectivity index (χ3n) is 3.94. The molecule has 0 N–H and O–H groups in total. The molecule has 1 aliphatic rings. The van der Waals surface area contributed by atoms with Crippen molar-refractivity contribution in [2.24, 2.45) is 5.41 Å². The van der Waals surface area contributed by atoms with E-state index < -0.39 is 9.84 Å². The van der Waals surface area contributed by atoms with Crippen LogP contribution in [0.3, 0.4) is 0 Å². The monoisotopic (exact) mass is 324 g/mol. The van der Waals surface area contributed by atoms with Crippen LogP contribution in [0.2, 0.25) is 0 Å². The molecule has 118 valence electrons. The normalized spacial score (nSPS) is 16.7. The van der Waals surface area contributed by atoms with Gasteiger partial charge >= 0.3 is 0 Å². The zero-order chi connectivity index (χ0) is 16.0. The Kier molecular flexibility index (Phi) is 3.55. The lowest BCUT2D eigenvalue weighted by atomic mass is 10.1. The molecule has 7 heteroatoms. The number of sulfone groups is 1. The van der Waals surface area contributed by atoms with Crippen molar-refractivity contribution < 1.29 is 17.3 Å². The van der Waals surface area contributed by atoms with E-state index in [9.17, 15) is 12.8 Å². The smallest absolute Gasteiger partial charge is 0.227 e. The molecule has 22 heavy (non-hydrogen) atoms. The second-order valence-corrected chi connectivity index (χ2v) is 8.36. The van der Waals surface area contributed by atoms with Crippen molar-refractivity contribution in [1.29, 1.82) is 0 Å². The van der Waals surface area contributed by atoms with Gasteiger partial charge in [0.2, 0.25) is 11.7 Å². The highest BCUT2D eigenvalue weighted by Crippen LogP contribution is 2.49. The molecule has 1 fully saturated rings. The van der Waals surface area contributed by atoms with Gasteiger partial charge in [-0.25, -0.2) is 12.8 Å². The fraction of sp³-hybridized carbons (Fsp3) is 0.467. The minimum absolute atomic E-state index is 0.146. The second-order valence-electron chi connectivity index (χ2n) is 6.22. The van der Waals surface area contributed by atoms with Gasteiger partial charge in [0.25, 0.3) is 0 Å². The van der Waals surface area contributed by atoms with Crippen molar-refractivity contribution in [2.75, 3.05) is 12.0 Å². The van der Waals surface area contributed by atoms with E-state index in [0.29, 0.717) is 29.3 Å². The number of rotatable bonds is 5. The van der Waals surface area contributed by atoms with Crippen LogP contribution in [0, 0.1) is 18.2 Å². The van der Waals surface area contributed by atoms with Gasteiger partial charge in [-0.05, 0) is 48.9 Å². The quantitative estimate of drug-likeness (QED) is 0.845. The second kappa shape index (κ2) is 5.15. The van der Waals surface area contributed by atoms with Crippen LogP contribution in [0.15, 0.2) is 22.7 Å². The van der Waals surface area contributed by atoms with Crippen LogP contribution in [0.25, 0.3) is 11.4 Å². The van der Waals surface area contributed by atoms with Crippen molar-refractivity contribution in [3.05, 3.63) is 35.5 Å². The van der Waals surface area contributed by atoms with E-state index in [1.807, 2.05) is 0 Å². The molecule has 0 aliphatic heterocycles. The van der Waals surface area contributed by atoms with Gasteiger partial charge in [0.05, 0.1) is 5.75 Å². The van der Waals surface area contributed by atoms with Crippen LogP contribution in [-0.4, -0.2) is 30.6 Å². The fourth-order valence-corrected chi connectivity index (χ4v) is 4.16. The highest BCUT2D eigenvalue weighted by molar-refractivity contribution is 7.90. The molecule has 1 heterocycles. The van der Waals surface area contributed by atoms with Crippen molar-refractivity contribution in [1.82, 2.24) is 10.1 Å². The molecule has 0 amide bonds. The highest BCUT2D eigenvalue weighted by atomic mass is 32.2. The van der Waals surface area contributed by atoms with Gasteiger partial charge in [-0.1, -0.05) is 5.16 Å². The van der Waals surface area contributed by atoms with E-state index in [0.717, 1.165) is 12.8 Å². The fourth-order valence-electron chi connectivity index (χ4n) is 2.65. The number of hydrogen-bond donors (Lipinski definition) is 0. The molecule has 0 spiro atoms. The Hall–Kier alpha value is -1.76. The Labute approximate surface area is 128 Å². The van der Waals surface area contributed by atoms with Gasteiger partial charge < -0.3 is 4.52 Å². The summed E-state index contributed by atoms with van der Waals surface area (Å²) in [6, 6.07) is 4.63. The van der Waals surface area contributed by atoms with Crippen LogP contribution in [0.5, 0.6) is 0 Å². The summed E-state index contributed by atoms with van der Waals surface area (Å²) < 4.78 is 41.5. The standard InChI is InChI=1S/C15H17FN2O3S/c1-10-7-11(3-4-12(10)16)14-17-13(21-18-14)8-15(5-6-15)9-22(2,19)20/h3-4,7H,5-6,8-9H2,1-2H3. The molecule has 0 bridgehead atoms. The van der Waals surface area contributed by atoms with Gasteiger partial charge in [-0.2, -0.15) is 4.98 Å². The van der Waals surface area contributed by atoms with E-state index in [1.165, 1.54) is 12.3 Å². The summed E-state index contributed by atoms with van der Waals surface area (Å²) in [6.45, 7) is 1.67. The lowest BCUT2D eigenvalue weighted by Gasteiger charge is -2.09. The van der Waals surface area contributed by atoms with Gasteiger partial charge in [0.15, 0.2) is 0 Å². The first-order valence-electron chi connectivity index (χ1n) is 7.03. The van der Waals surface area contributed by atoms with E-state index in [2.05, 4.69) is 10.1 Å². The van der Waals surface area contributed by atoms with Gasteiger partial charge in [-0.3, -0.25) is 0 Å². The maximum absolute atomic E-state index is 13.3. The largest absolute Gasteiger partial charge is 0.339 e. The summed E-state index contributed by atoms with van der Waals surface area (Å²) in [5.74, 6) is 0.692. The average Bonchev–Trinajstić information content (AvgIpc) is 2.97. The number of hydrogen-bond acceptors (Lipinski definition) is 5. The third-order valence-corrected chi connectivity index (χ3v) is 5.07. The highest BCUT2D eigenvalue weighted by Gasteiger charge is 2.46. The van der Waals surface area contributed by atoms with Crippen molar-refractivity contribution in [2.45, 2.75) is 26.2 Å². The maximum Gasteiger partial charge on any atom is 0.227 e. The van der Waals surface area contributed by atoms with Gasteiger partial charge in [0.1, 0.15) is 15.7 Å². The molecule has 0 saturated heterocycles. The van der Waals surface area contributed by atoms with Crippen LogP contribution in [0.1, 0.15) is 24.3 Å². The average molecular weight is 324 g/mol. The lowest BCUT2D eigenvalue weighted by Crippen LogP contribution is -2.18. The van der Waals surface area contributed by atoms with Crippen molar-refractivity contribution in [3.8, 4) is 11.4 Å². The zero-order valence-corrected chi connectivity index (χ0v) is 13.3. The predicted octanol–water partition coefficient (Wildman–Crippen LogP) is 2.55. The van der Waals surface area contributed by atoms with Crippen LogP contribution < -0.4 is 0 Å². The SMILES string of the molecule is Cc1cc(-c2noc(CC3(CS(C)(=O)=O)CC3)n2)ccc1F. The Morgan fingerprint density at radius 2 is 2.09 bits per heavy atom. The molecule has 0 atom stereocenters. The number of benzene rings is 1. The molecule has 1 aromatic carbocycles. The van der Waals surface area contributed by atoms with E-state index in [-0.39, 0.29) is 17.0 Å². The lowest BCUT2D eigenvalue weighted by molar-refractivity contribution is 0.353. The minimum atomic E-state index is -3.03. The van der Waals surface area contributed by atoms with Crippen LogP contribution >= 0.6 is 0 Å². The van der Waals surface area contributed by atoms with E-state index in [4.69, 9.17) is 4.52 Å². The predicted molar refractivity (Wildman–Crippen MR) is 79.5 cm³/mol. The Balaban J connectivity index is 1.78. The maximum atomic E-state index is 13.3. The minimum Gasteiger partial charge on any atom is -0.339 e. The Bertz CT molecular complexity index is 810. The Morgan fingerprint density at radius 3 is 2.68 bits per heavy atom. The topological polar surface area (TPSA) is 73.1 Å². The first-order valence-corrected chi connectivity index (χ1v) is 9.09. The van der Waals surface area contributed by atoms with Crippen molar-refractivity contribution in [3.63, 3.8) is 0 Å². The van der Waals surface area contributed by atoms with E-state index in [1.54, 1.807) is 19.1 Å². The zero-order valence-electron chi connectivity index (χ0n) is 12.5. The van der Waals surface area contributed by atoms with Gasteiger partial charge in [-0.15, -0.1) is 0 Å². The molecule has 1 saturated carbocycles. The number of nitrogens with zero attached hydrogens (tertiary/aromatic N) is 2. The summed E-state index contributed by atoms with van der Waals surface area (Å²) in [6.07, 6.45) is 3.42. The third kappa shape index (κ3) is 3.35. The number of halogens is 1. The van der Waals surface area contributed by atoms with Crippen molar-refractivity contribution >= 4 is 9.84 Å². The molecular weight excluding hydrogens is 307 g/mol. The van der Waals surface area contributed by atoms with Crippen LogP contribution in [0.4, 0.5) is 4.39 Å². The Morgan fingerprint density at radius 1 is 1.36 bits per heavy atom. The molecular formula is C15H17FN2O3S. The molecule has 2 aromatic rings. The molecule has 1 aromatic heterocycles. The molecule has 3 rings (SSSR count). The summed E-state index contributed by atoms with van der Waals surface area (Å²) >= 11 is 0. The summed E-state index contributed by atoms with van der Waals surface area (Å²) in [5, 5.41) is 3.91. The molecule has 0 unspecified atom stereocenters. The summed E-state index contributed by atoms with van der Waals surface area (Å²) in [4.78, 5) is 4.31. The summed E-state index contributed by atoms with van der Waals surface area (Å²) in [7, 11) is -3.03. The first kappa shape index (κ1) is 15.1. The molecule has 0 radical (unpaired) electrons. The summed E-state index contributed by atoms with van der Waals surface area (Å²) in [5.41, 5.74) is 0.942. The number of aryl methyl sites for hydroxylation is 1.